The number of hydrogen-bond acceptors (Lipinski definition) is 4. The van der Waals surface area contributed by atoms with Crippen molar-refractivity contribution in [2.75, 3.05) is 6.07 Å². The molecule has 0 unspecified atom stereocenters. The van der Waals surface area contributed by atoms with Crippen molar-refractivity contribution in [3.63, 3.8) is 0 Å². The average molecular weight is 441 g/mol. The monoisotopic (exact) mass is 440 g/mol. The molecule has 30 heavy (non-hydrogen) atoms. The topological polar surface area (TPSA) is 66.8 Å². The third kappa shape index (κ3) is 3.63. The van der Waals surface area contributed by atoms with Crippen molar-refractivity contribution in [3.8, 4) is 0 Å². The molecule has 0 aliphatic heterocycles. The first-order valence-electron chi connectivity index (χ1n) is 12.3. The first-order valence-corrected chi connectivity index (χ1v) is 12.8. The van der Waals surface area contributed by atoms with Gasteiger partial charge in [-0.3, -0.25) is 4.79 Å². The van der Waals surface area contributed by atoms with E-state index in [1.165, 1.54) is 19.3 Å². The average Bonchev–Trinajstić information content (AvgIpc) is 3.07. The zero-order chi connectivity index (χ0) is 21.7. The third-order valence-corrected chi connectivity index (χ3v) is 10.6. The van der Waals surface area contributed by atoms with E-state index in [0.717, 1.165) is 38.5 Å². The maximum atomic E-state index is 11.8. The maximum absolute atomic E-state index is 11.8. The summed E-state index contributed by atoms with van der Waals surface area (Å²) in [6.07, 6.45) is 9.59. The van der Waals surface area contributed by atoms with Gasteiger partial charge in [-0.25, -0.2) is 0 Å². The number of halogens is 1. The molecule has 4 rings (SSSR count). The van der Waals surface area contributed by atoms with E-state index in [0.29, 0.717) is 41.9 Å². The number of rotatable bonds is 5. The van der Waals surface area contributed by atoms with Crippen LogP contribution in [0.5, 0.6) is 0 Å². The predicted molar refractivity (Wildman–Crippen MR) is 118 cm³/mol. The summed E-state index contributed by atoms with van der Waals surface area (Å²) in [6.45, 7) is 7.07. The summed E-state index contributed by atoms with van der Waals surface area (Å²) in [5.41, 5.74) is 0.230. The minimum absolute atomic E-state index is 0.0473. The highest BCUT2D eigenvalue weighted by atomic mass is 35.5. The Morgan fingerprint density at radius 2 is 1.87 bits per heavy atom. The molecule has 4 nitrogen and oxygen atoms in total. The first kappa shape index (κ1) is 22.9. The molecule has 172 valence electrons. The summed E-state index contributed by atoms with van der Waals surface area (Å²) in [5, 5.41) is 21.8. The fourth-order valence-corrected chi connectivity index (χ4v) is 8.96. The number of hydrogen-bond donors (Lipinski definition) is 2. The molecule has 0 bridgehead atoms. The van der Waals surface area contributed by atoms with Gasteiger partial charge < -0.3 is 14.9 Å². The molecular formula is C25H41ClO4. The van der Waals surface area contributed by atoms with Gasteiger partial charge in [0.2, 0.25) is 0 Å². The van der Waals surface area contributed by atoms with Crippen molar-refractivity contribution in [1.82, 2.24) is 0 Å². The van der Waals surface area contributed by atoms with E-state index in [-0.39, 0.29) is 35.1 Å². The van der Waals surface area contributed by atoms with E-state index < -0.39 is 0 Å². The minimum atomic E-state index is -0.268. The summed E-state index contributed by atoms with van der Waals surface area (Å²) in [6, 6.07) is -0.0744. The molecule has 4 fully saturated rings. The Balaban J connectivity index is 1.50. The molecular weight excluding hydrogens is 400 g/mol. The summed E-state index contributed by atoms with van der Waals surface area (Å²) < 4.78 is 4.91. The number of carbonyl (C=O) groups is 1. The van der Waals surface area contributed by atoms with Crippen LogP contribution in [0, 0.1) is 46.3 Å². The Kier molecular flexibility index (Phi) is 6.52. The van der Waals surface area contributed by atoms with Gasteiger partial charge in [0.05, 0.1) is 12.2 Å². The highest BCUT2D eigenvalue weighted by Gasteiger charge is 2.63. The molecule has 5 heteroatoms. The molecule has 0 aromatic rings. The van der Waals surface area contributed by atoms with E-state index in [9.17, 15) is 15.0 Å². The number of aliphatic hydroxyl groups is 2. The van der Waals surface area contributed by atoms with Crippen molar-refractivity contribution in [3.05, 3.63) is 0 Å². The third-order valence-electron chi connectivity index (χ3n) is 10.5. The summed E-state index contributed by atoms with van der Waals surface area (Å²) in [5.74, 6) is 3.12. The molecule has 10 atom stereocenters. The number of alkyl halides is 1. The van der Waals surface area contributed by atoms with E-state index in [4.69, 9.17) is 16.3 Å². The number of fused-ring (bicyclic) bond motifs is 5. The van der Waals surface area contributed by atoms with Crippen LogP contribution in [-0.2, 0) is 9.53 Å². The Morgan fingerprint density at radius 3 is 2.60 bits per heavy atom. The second kappa shape index (κ2) is 8.56. The van der Waals surface area contributed by atoms with Crippen molar-refractivity contribution >= 4 is 17.6 Å². The van der Waals surface area contributed by atoms with Crippen molar-refractivity contribution in [2.24, 2.45) is 46.3 Å². The van der Waals surface area contributed by atoms with Gasteiger partial charge in [0.25, 0.3) is 0 Å². The van der Waals surface area contributed by atoms with Crippen molar-refractivity contribution in [2.45, 2.75) is 97.2 Å². The molecule has 4 saturated carbocycles. The van der Waals surface area contributed by atoms with Crippen LogP contribution in [0.15, 0.2) is 0 Å². The van der Waals surface area contributed by atoms with Crippen LogP contribution >= 0.6 is 11.6 Å². The molecule has 0 aromatic carbocycles. The minimum Gasteiger partial charge on any atom is -0.449 e. The molecule has 2 N–H and O–H groups in total. The van der Waals surface area contributed by atoms with E-state index in [2.05, 4.69) is 20.8 Å². The van der Waals surface area contributed by atoms with Gasteiger partial charge >= 0.3 is 5.97 Å². The van der Waals surface area contributed by atoms with E-state index in [1.807, 2.05) is 0 Å². The first-order chi connectivity index (χ1) is 14.2. The van der Waals surface area contributed by atoms with E-state index in [1.54, 1.807) is 0 Å². The van der Waals surface area contributed by atoms with Crippen molar-refractivity contribution in [1.29, 1.82) is 0 Å². The largest absolute Gasteiger partial charge is 0.449 e. The molecule has 0 amide bonds. The highest BCUT2D eigenvalue weighted by Crippen LogP contribution is 2.68. The quantitative estimate of drug-likeness (QED) is 0.459. The van der Waals surface area contributed by atoms with Crippen LogP contribution in [0.2, 0.25) is 0 Å². The Labute approximate surface area is 187 Å². The molecule has 0 spiro atoms. The number of esters is 1. The van der Waals surface area contributed by atoms with Gasteiger partial charge in [-0.2, -0.15) is 0 Å². The molecule has 0 heterocycles. The number of aliphatic hydroxyl groups excluding tert-OH is 2. The second-order valence-electron chi connectivity index (χ2n) is 11.5. The molecule has 0 aromatic heterocycles. The SMILES string of the molecule is C[C@H](CCC(=O)OCCl)[C@H]1CC[C@H]2[C@@H]3CC[C@@H]4C[C@H](O)CC[C@]4(C)[C@H]3C[C@H](O)[C@]12C. The number of ether oxygens (including phenoxy) is 1. The maximum Gasteiger partial charge on any atom is 0.306 e. The van der Waals surface area contributed by atoms with Crippen LogP contribution in [0.4, 0.5) is 0 Å². The van der Waals surface area contributed by atoms with Gasteiger partial charge in [-0.15, -0.1) is 0 Å². The predicted octanol–water partition coefficient (Wildman–Crippen LogP) is 5.13. The fourth-order valence-electron chi connectivity index (χ4n) is 8.84. The number of carbonyl (C=O) groups excluding carboxylic acids is 1. The van der Waals surface area contributed by atoms with Crippen LogP contribution in [0.3, 0.4) is 0 Å². The zero-order valence-electron chi connectivity index (χ0n) is 19.0. The summed E-state index contributed by atoms with van der Waals surface area (Å²) in [7, 11) is 0. The Morgan fingerprint density at radius 1 is 1.10 bits per heavy atom. The Hall–Kier alpha value is -0.320. The normalized spacial score (nSPS) is 48.9. The lowest BCUT2D eigenvalue weighted by Crippen LogP contribution is -2.58. The van der Waals surface area contributed by atoms with Crippen LogP contribution in [-0.4, -0.2) is 34.5 Å². The van der Waals surface area contributed by atoms with Crippen LogP contribution in [0.25, 0.3) is 0 Å². The molecule has 0 radical (unpaired) electrons. The lowest BCUT2D eigenvalue weighted by Gasteiger charge is -2.62. The molecule has 0 saturated heterocycles. The standard InChI is InChI=1S/C25H41ClO4/c1-15(4-9-23(29)30-14-26)19-7-8-20-18-6-5-16-12-17(27)10-11-24(16,2)21(18)13-22(28)25(19,20)3/h15-22,27-28H,4-14H2,1-3H3/t15-,16-,17-,18+,19-,20+,21+,22+,24+,25-/m1/s1. The van der Waals surface area contributed by atoms with Crippen molar-refractivity contribution < 1.29 is 19.7 Å². The van der Waals surface area contributed by atoms with Gasteiger partial charge in [0.15, 0.2) is 6.07 Å². The van der Waals surface area contributed by atoms with Gasteiger partial charge in [0, 0.05) is 6.42 Å². The Bertz CT molecular complexity index is 641. The lowest BCUT2D eigenvalue weighted by atomic mass is 9.43. The van der Waals surface area contributed by atoms with Crippen LogP contribution in [0.1, 0.15) is 85.0 Å². The summed E-state index contributed by atoms with van der Waals surface area (Å²) >= 11 is 5.51. The zero-order valence-corrected chi connectivity index (χ0v) is 19.7. The van der Waals surface area contributed by atoms with Gasteiger partial charge in [-0.05, 0) is 104 Å². The smallest absolute Gasteiger partial charge is 0.306 e. The second-order valence-corrected chi connectivity index (χ2v) is 11.7. The molecule has 4 aliphatic carbocycles. The van der Waals surface area contributed by atoms with Gasteiger partial charge in [0.1, 0.15) is 0 Å². The van der Waals surface area contributed by atoms with E-state index >= 15 is 0 Å². The molecule has 4 aliphatic rings. The summed E-state index contributed by atoms with van der Waals surface area (Å²) in [4.78, 5) is 11.8. The van der Waals surface area contributed by atoms with Gasteiger partial charge in [-0.1, -0.05) is 32.4 Å². The lowest BCUT2D eigenvalue weighted by molar-refractivity contribution is -0.175. The van der Waals surface area contributed by atoms with Crippen LogP contribution < -0.4 is 0 Å². The highest BCUT2D eigenvalue weighted by molar-refractivity contribution is 6.17. The fraction of sp³-hybridized carbons (Fsp3) is 0.960.